The summed E-state index contributed by atoms with van der Waals surface area (Å²) in [5.74, 6) is 0.317. The topological polar surface area (TPSA) is 35.2 Å². The summed E-state index contributed by atoms with van der Waals surface area (Å²) in [4.78, 5) is 0. The van der Waals surface area contributed by atoms with Crippen molar-refractivity contribution < 1.29 is 9.13 Å². The molecule has 0 spiro atoms. The van der Waals surface area contributed by atoms with Crippen LogP contribution in [0.2, 0.25) is 5.02 Å². The summed E-state index contributed by atoms with van der Waals surface area (Å²) in [6, 6.07) is 12.4. The zero-order valence-corrected chi connectivity index (χ0v) is 11.2. The Labute approximate surface area is 117 Å². The summed E-state index contributed by atoms with van der Waals surface area (Å²) in [6.07, 6.45) is 0.850. The molecule has 0 unspecified atom stereocenters. The first-order valence-corrected chi connectivity index (χ1v) is 6.42. The molecule has 0 radical (unpaired) electrons. The summed E-state index contributed by atoms with van der Waals surface area (Å²) < 4.78 is 18.8. The van der Waals surface area contributed by atoms with Gasteiger partial charge in [-0.3, -0.25) is 0 Å². The lowest BCUT2D eigenvalue weighted by molar-refractivity contribution is 0.305. The van der Waals surface area contributed by atoms with Gasteiger partial charge in [0, 0.05) is 0 Å². The van der Waals surface area contributed by atoms with Gasteiger partial charge in [0.05, 0.1) is 5.02 Å². The van der Waals surface area contributed by atoms with Crippen LogP contribution >= 0.6 is 11.6 Å². The number of halogens is 2. The molecular weight excluding hydrogens is 265 g/mol. The first-order chi connectivity index (χ1) is 9.19. The van der Waals surface area contributed by atoms with E-state index in [9.17, 15) is 4.39 Å². The molecule has 2 aromatic carbocycles. The third kappa shape index (κ3) is 3.94. The number of benzene rings is 2. The highest BCUT2D eigenvalue weighted by molar-refractivity contribution is 6.30. The molecule has 0 saturated heterocycles. The zero-order valence-electron chi connectivity index (χ0n) is 10.4. The number of hydrogen-bond donors (Lipinski definition) is 1. The van der Waals surface area contributed by atoms with Gasteiger partial charge in [-0.1, -0.05) is 29.8 Å². The molecular formula is C15H15ClFNO. The molecule has 0 amide bonds. The minimum Gasteiger partial charge on any atom is -0.489 e. The van der Waals surface area contributed by atoms with E-state index >= 15 is 0 Å². The zero-order chi connectivity index (χ0) is 13.7. The van der Waals surface area contributed by atoms with Crippen molar-refractivity contribution in [1.82, 2.24) is 0 Å². The van der Waals surface area contributed by atoms with E-state index in [1.165, 1.54) is 17.7 Å². The lowest BCUT2D eigenvalue weighted by Crippen LogP contribution is -2.02. The molecule has 0 aliphatic rings. The van der Waals surface area contributed by atoms with E-state index in [1.807, 2.05) is 24.3 Å². The lowest BCUT2D eigenvalue weighted by Gasteiger charge is -2.07. The van der Waals surface area contributed by atoms with E-state index in [2.05, 4.69) is 0 Å². The van der Waals surface area contributed by atoms with Crippen molar-refractivity contribution in [2.45, 2.75) is 13.0 Å². The van der Waals surface area contributed by atoms with Gasteiger partial charge in [0.1, 0.15) is 18.2 Å². The van der Waals surface area contributed by atoms with Gasteiger partial charge < -0.3 is 10.5 Å². The minimum absolute atomic E-state index is 0.120. The Balaban J connectivity index is 1.96. The Hall–Kier alpha value is -1.58. The average Bonchev–Trinajstić information content (AvgIpc) is 2.42. The maximum atomic E-state index is 13.2. The highest BCUT2D eigenvalue weighted by Crippen LogP contribution is 2.18. The van der Waals surface area contributed by atoms with Crippen LogP contribution < -0.4 is 10.5 Å². The summed E-state index contributed by atoms with van der Waals surface area (Å²) in [5.41, 5.74) is 7.40. The van der Waals surface area contributed by atoms with Crippen molar-refractivity contribution in [3.8, 4) is 5.75 Å². The second kappa shape index (κ2) is 6.55. The monoisotopic (exact) mass is 279 g/mol. The molecule has 100 valence electrons. The van der Waals surface area contributed by atoms with E-state index in [1.54, 1.807) is 6.07 Å². The Kier molecular flexibility index (Phi) is 4.77. The third-order valence-corrected chi connectivity index (χ3v) is 3.05. The SMILES string of the molecule is NCCc1ccc(OCc2ccc(Cl)c(F)c2)cc1. The van der Waals surface area contributed by atoms with Crippen molar-refractivity contribution in [1.29, 1.82) is 0 Å². The number of rotatable bonds is 5. The standard InChI is InChI=1S/C15H15ClFNO/c16-14-6-3-12(9-15(14)17)10-19-13-4-1-11(2-5-13)7-8-18/h1-6,9H,7-8,10,18H2. The molecule has 2 aromatic rings. The van der Waals surface area contributed by atoms with Gasteiger partial charge in [0.2, 0.25) is 0 Å². The van der Waals surface area contributed by atoms with E-state index in [4.69, 9.17) is 22.1 Å². The Morgan fingerprint density at radius 1 is 1.05 bits per heavy atom. The maximum absolute atomic E-state index is 13.2. The van der Waals surface area contributed by atoms with Gasteiger partial charge in [-0.15, -0.1) is 0 Å². The van der Waals surface area contributed by atoms with Crippen LogP contribution in [0.5, 0.6) is 5.75 Å². The Bertz CT molecular complexity index is 542. The third-order valence-electron chi connectivity index (χ3n) is 2.75. The Morgan fingerprint density at radius 3 is 2.37 bits per heavy atom. The summed E-state index contributed by atoms with van der Waals surface area (Å²) >= 11 is 5.62. The second-order valence-corrected chi connectivity index (χ2v) is 4.63. The van der Waals surface area contributed by atoms with Crippen LogP contribution in [0.4, 0.5) is 4.39 Å². The van der Waals surface area contributed by atoms with Crippen LogP contribution in [0.15, 0.2) is 42.5 Å². The van der Waals surface area contributed by atoms with Crippen LogP contribution in [-0.4, -0.2) is 6.54 Å². The van der Waals surface area contributed by atoms with Crippen molar-refractivity contribution in [2.24, 2.45) is 5.73 Å². The number of hydrogen-bond acceptors (Lipinski definition) is 2. The highest BCUT2D eigenvalue weighted by Gasteiger charge is 2.02. The van der Waals surface area contributed by atoms with Crippen LogP contribution in [0, 0.1) is 5.82 Å². The average molecular weight is 280 g/mol. The van der Waals surface area contributed by atoms with Gasteiger partial charge >= 0.3 is 0 Å². The number of nitrogens with two attached hydrogens (primary N) is 1. The molecule has 0 bridgehead atoms. The maximum Gasteiger partial charge on any atom is 0.142 e. The van der Waals surface area contributed by atoms with Crippen LogP contribution in [-0.2, 0) is 13.0 Å². The van der Waals surface area contributed by atoms with Gasteiger partial charge in [0.15, 0.2) is 0 Å². The minimum atomic E-state index is -0.430. The molecule has 2 nitrogen and oxygen atoms in total. The second-order valence-electron chi connectivity index (χ2n) is 4.22. The van der Waals surface area contributed by atoms with E-state index in [0.29, 0.717) is 13.2 Å². The van der Waals surface area contributed by atoms with Crippen molar-refractivity contribution >= 4 is 11.6 Å². The number of ether oxygens (including phenoxy) is 1. The van der Waals surface area contributed by atoms with Gasteiger partial charge in [0.25, 0.3) is 0 Å². The molecule has 0 aliphatic heterocycles. The van der Waals surface area contributed by atoms with Crippen LogP contribution in [0.1, 0.15) is 11.1 Å². The molecule has 2 N–H and O–H groups in total. The smallest absolute Gasteiger partial charge is 0.142 e. The first kappa shape index (κ1) is 13.8. The summed E-state index contributed by atoms with van der Waals surface area (Å²) in [5, 5.41) is 0.120. The fourth-order valence-corrected chi connectivity index (χ4v) is 1.83. The molecule has 0 saturated carbocycles. The molecule has 0 atom stereocenters. The van der Waals surface area contributed by atoms with E-state index in [-0.39, 0.29) is 5.02 Å². The molecule has 4 heteroatoms. The van der Waals surface area contributed by atoms with Crippen molar-refractivity contribution in [2.75, 3.05) is 6.54 Å². The molecule has 2 rings (SSSR count). The lowest BCUT2D eigenvalue weighted by atomic mass is 10.1. The summed E-state index contributed by atoms with van der Waals surface area (Å²) in [6.45, 7) is 0.939. The van der Waals surface area contributed by atoms with Crippen molar-refractivity contribution in [3.05, 3.63) is 64.4 Å². The first-order valence-electron chi connectivity index (χ1n) is 6.05. The van der Waals surface area contributed by atoms with Crippen LogP contribution in [0.25, 0.3) is 0 Å². The molecule has 0 aromatic heterocycles. The Morgan fingerprint density at radius 2 is 1.74 bits per heavy atom. The molecule has 0 fully saturated rings. The molecule has 19 heavy (non-hydrogen) atoms. The normalized spacial score (nSPS) is 10.5. The highest BCUT2D eigenvalue weighted by atomic mass is 35.5. The molecule has 0 aliphatic carbocycles. The van der Waals surface area contributed by atoms with Crippen LogP contribution in [0.3, 0.4) is 0 Å². The molecule has 0 heterocycles. The summed E-state index contributed by atoms with van der Waals surface area (Å²) in [7, 11) is 0. The fraction of sp³-hybridized carbons (Fsp3) is 0.200. The predicted octanol–water partition coefficient (Wildman–Crippen LogP) is 3.56. The van der Waals surface area contributed by atoms with E-state index in [0.717, 1.165) is 17.7 Å². The van der Waals surface area contributed by atoms with Gasteiger partial charge in [-0.05, 0) is 48.4 Å². The largest absolute Gasteiger partial charge is 0.489 e. The quantitative estimate of drug-likeness (QED) is 0.908. The van der Waals surface area contributed by atoms with Gasteiger partial charge in [-0.25, -0.2) is 4.39 Å². The fourth-order valence-electron chi connectivity index (χ4n) is 1.72. The van der Waals surface area contributed by atoms with Crippen molar-refractivity contribution in [3.63, 3.8) is 0 Å². The van der Waals surface area contributed by atoms with Gasteiger partial charge in [-0.2, -0.15) is 0 Å². The van der Waals surface area contributed by atoms with E-state index < -0.39 is 5.82 Å². The predicted molar refractivity (Wildman–Crippen MR) is 74.9 cm³/mol.